The van der Waals surface area contributed by atoms with E-state index in [0.717, 1.165) is 0 Å². The zero-order valence-corrected chi connectivity index (χ0v) is 70.5. The molecule has 563 valence electrons. The molecule has 0 bridgehead atoms. The van der Waals surface area contributed by atoms with Crippen LogP contribution in [0.2, 0.25) is 0 Å². The minimum atomic E-state index is 0. The second-order valence-electron chi connectivity index (χ2n) is 28.1. The van der Waals surface area contributed by atoms with Crippen LogP contribution < -0.4 is 0 Å². The molecule has 0 heterocycles. The van der Waals surface area contributed by atoms with Gasteiger partial charge < -0.3 is 0 Å². The van der Waals surface area contributed by atoms with Crippen LogP contribution in [0.3, 0.4) is 0 Å². The Bertz CT molecular complexity index is 596. The Kier molecular flexibility index (Phi) is 171. The standard InChI is InChI=1S/9C10H22.Mn/c9*1-3-5-7-9-10-8-6-4-2;/h9*3-10H2,1-2H3;/q;;;;;;;;;+2. The summed E-state index contributed by atoms with van der Waals surface area (Å²) in [5.41, 5.74) is 0. The van der Waals surface area contributed by atoms with Gasteiger partial charge in [0.05, 0.1) is 0 Å². The molecule has 1 radical (unpaired) electrons. The van der Waals surface area contributed by atoms with Crippen molar-refractivity contribution in [1.29, 1.82) is 0 Å². The zero-order chi connectivity index (χ0) is 68.9. The Morgan fingerprint density at radius 2 is 0.0989 bits per heavy atom. The summed E-state index contributed by atoms with van der Waals surface area (Å²) in [4.78, 5) is 0. The number of unbranched alkanes of at least 4 members (excludes halogenated alkanes) is 63. The van der Waals surface area contributed by atoms with E-state index in [-0.39, 0.29) is 17.1 Å². The third-order valence-corrected chi connectivity index (χ3v) is 17.6. The molecule has 0 rings (SSSR count). The number of rotatable bonds is 63. The van der Waals surface area contributed by atoms with Gasteiger partial charge in [-0.2, -0.15) is 0 Å². The second-order valence-corrected chi connectivity index (χ2v) is 28.1. The average Bonchev–Trinajstić information content (AvgIpc) is 3.56. The third kappa shape index (κ3) is 176. The first kappa shape index (κ1) is 113. The van der Waals surface area contributed by atoms with Crippen molar-refractivity contribution in [2.75, 3.05) is 0 Å². The fraction of sp³-hybridized carbons (Fsp3) is 1.00. The Labute approximate surface area is 600 Å². The number of hydrogen-bond donors (Lipinski definition) is 0. The van der Waals surface area contributed by atoms with Crippen LogP contribution in [0.25, 0.3) is 0 Å². The first-order chi connectivity index (χ1) is 44.2. The fourth-order valence-electron chi connectivity index (χ4n) is 10.9. The summed E-state index contributed by atoms with van der Waals surface area (Å²) in [6, 6.07) is 0. The zero-order valence-electron chi connectivity index (χ0n) is 69.3. The molecule has 91 heavy (non-hydrogen) atoms. The van der Waals surface area contributed by atoms with Crippen LogP contribution in [-0.4, -0.2) is 0 Å². The molecule has 0 aromatic heterocycles. The van der Waals surface area contributed by atoms with Crippen molar-refractivity contribution in [2.24, 2.45) is 0 Å². The third-order valence-electron chi connectivity index (χ3n) is 17.6. The van der Waals surface area contributed by atoms with Crippen molar-refractivity contribution in [3.63, 3.8) is 0 Å². The van der Waals surface area contributed by atoms with E-state index in [1.165, 1.54) is 462 Å². The van der Waals surface area contributed by atoms with E-state index in [1.54, 1.807) is 0 Å². The van der Waals surface area contributed by atoms with Gasteiger partial charge in [-0.15, -0.1) is 0 Å². The van der Waals surface area contributed by atoms with Crippen LogP contribution in [-0.2, 0) is 17.1 Å². The second kappa shape index (κ2) is 138. The van der Waals surface area contributed by atoms with Gasteiger partial charge in [0.25, 0.3) is 0 Å². The Hall–Kier alpha value is 0.519. The van der Waals surface area contributed by atoms with Gasteiger partial charge in [0.2, 0.25) is 0 Å². The van der Waals surface area contributed by atoms with Crippen molar-refractivity contribution in [3.05, 3.63) is 0 Å². The largest absolute Gasteiger partial charge is 2.00 e. The summed E-state index contributed by atoms with van der Waals surface area (Å²) in [5.74, 6) is 0. The Morgan fingerprint density at radius 3 is 0.132 bits per heavy atom. The van der Waals surface area contributed by atoms with Crippen LogP contribution in [0.5, 0.6) is 0 Å². The molecule has 0 aliphatic rings. The van der Waals surface area contributed by atoms with E-state index in [2.05, 4.69) is 125 Å². The smallest absolute Gasteiger partial charge is 0.0654 e. The molecule has 0 fully saturated rings. The van der Waals surface area contributed by atoms with Gasteiger partial charge in [-0.3, -0.25) is 0 Å². The maximum atomic E-state index is 2.27. The van der Waals surface area contributed by atoms with Gasteiger partial charge in [0.15, 0.2) is 0 Å². The summed E-state index contributed by atoms with van der Waals surface area (Å²) in [6.45, 7) is 40.9. The van der Waals surface area contributed by atoms with E-state index in [9.17, 15) is 0 Å². The molecule has 0 N–H and O–H groups in total. The summed E-state index contributed by atoms with van der Waals surface area (Å²) < 4.78 is 0. The van der Waals surface area contributed by atoms with E-state index in [1.807, 2.05) is 0 Å². The average molecular weight is 1340 g/mol. The minimum Gasteiger partial charge on any atom is -0.0654 e. The van der Waals surface area contributed by atoms with Crippen LogP contribution in [0.15, 0.2) is 0 Å². The predicted molar refractivity (Wildman–Crippen MR) is 435 cm³/mol. The topological polar surface area (TPSA) is 0 Å². The molecule has 1 heteroatoms. The van der Waals surface area contributed by atoms with Crippen LogP contribution in [0, 0.1) is 0 Å². The monoisotopic (exact) mass is 1330 g/mol. The molecule has 0 aromatic rings. The van der Waals surface area contributed by atoms with Crippen molar-refractivity contribution >= 4 is 0 Å². The van der Waals surface area contributed by atoms with Crippen molar-refractivity contribution in [3.8, 4) is 0 Å². The maximum absolute atomic E-state index is 2.27. The summed E-state index contributed by atoms with van der Waals surface area (Å²) in [5, 5.41) is 0. The first-order valence-electron chi connectivity index (χ1n) is 44.2. The minimum absolute atomic E-state index is 0. The molecular formula is C90H198Mn+2. The molecule has 0 saturated carbocycles. The van der Waals surface area contributed by atoms with Crippen LogP contribution in [0.1, 0.15) is 587 Å². The molecular weight excluding hydrogens is 1140 g/mol. The molecule has 0 aromatic carbocycles. The summed E-state index contributed by atoms with van der Waals surface area (Å²) in [6.07, 6.45) is 103. The quantitative estimate of drug-likeness (QED) is 0.0421. The van der Waals surface area contributed by atoms with Gasteiger partial charge in [0, 0.05) is 0 Å². The van der Waals surface area contributed by atoms with E-state index >= 15 is 0 Å². The summed E-state index contributed by atoms with van der Waals surface area (Å²) in [7, 11) is 0. The van der Waals surface area contributed by atoms with Crippen LogP contribution in [0.4, 0.5) is 0 Å². The van der Waals surface area contributed by atoms with Gasteiger partial charge in [-0.1, -0.05) is 587 Å². The Balaban J connectivity index is -0.000000101. The maximum Gasteiger partial charge on any atom is 2.00 e. The Morgan fingerprint density at radius 1 is 0.0659 bits per heavy atom. The first-order valence-corrected chi connectivity index (χ1v) is 44.2. The molecule has 0 saturated heterocycles. The van der Waals surface area contributed by atoms with E-state index < -0.39 is 0 Å². The predicted octanol–water partition coefficient (Wildman–Crippen LogP) is 37.3. The summed E-state index contributed by atoms with van der Waals surface area (Å²) >= 11 is 0. The molecule has 0 aliphatic heterocycles. The van der Waals surface area contributed by atoms with Crippen molar-refractivity contribution in [1.82, 2.24) is 0 Å². The number of hydrogen-bond acceptors (Lipinski definition) is 0. The van der Waals surface area contributed by atoms with Crippen molar-refractivity contribution in [2.45, 2.75) is 587 Å². The molecule has 0 unspecified atom stereocenters. The SMILES string of the molecule is CCCCCCCCCC.CCCCCCCCCC.CCCCCCCCCC.CCCCCCCCCC.CCCCCCCCCC.CCCCCCCCCC.CCCCCCCCCC.CCCCCCCCCC.CCCCCCCCCC.[Mn+2]. The van der Waals surface area contributed by atoms with Gasteiger partial charge in [-0.25, -0.2) is 0 Å². The molecule has 0 atom stereocenters. The van der Waals surface area contributed by atoms with Crippen LogP contribution >= 0.6 is 0 Å². The van der Waals surface area contributed by atoms with Gasteiger partial charge in [-0.05, 0) is 0 Å². The molecule has 0 aliphatic carbocycles. The van der Waals surface area contributed by atoms with E-state index in [4.69, 9.17) is 0 Å². The van der Waals surface area contributed by atoms with E-state index in [0.29, 0.717) is 0 Å². The van der Waals surface area contributed by atoms with Crippen molar-refractivity contribution < 1.29 is 17.1 Å². The fourth-order valence-corrected chi connectivity index (χ4v) is 10.9. The molecule has 0 amide bonds. The van der Waals surface area contributed by atoms with Gasteiger partial charge >= 0.3 is 17.1 Å². The molecule has 0 nitrogen and oxygen atoms in total. The van der Waals surface area contributed by atoms with Gasteiger partial charge in [0.1, 0.15) is 0 Å². The molecule has 0 spiro atoms. The normalized spacial score (nSPS) is 10.1.